The zero-order valence-electron chi connectivity index (χ0n) is 10.9. The van der Waals surface area contributed by atoms with Gasteiger partial charge in [0, 0.05) is 20.2 Å². The van der Waals surface area contributed by atoms with E-state index in [-0.39, 0.29) is 0 Å². The van der Waals surface area contributed by atoms with Gasteiger partial charge in [-0.2, -0.15) is 0 Å². The first-order valence-corrected chi connectivity index (χ1v) is 6.28. The second-order valence-electron chi connectivity index (χ2n) is 4.02. The van der Waals surface area contributed by atoms with E-state index in [0.29, 0.717) is 0 Å². The maximum atomic E-state index is 5.60. The molecule has 0 spiro atoms. The standard InChI is InChI=1S/C14H23NO2/c1-3-4-10-17-14-7-5-13(6-8-14)12-15-9-11-16-2/h5-8,15H,3-4,9-12H2,1-2H3. The van der Waals surface area contributed by atoms with Crippen molar-refractivity contribution in [3.63, 3.8) is 0 Å². The number of hydrogen-bond acceptors (Lipinski definition) is 3. The van der Waals surface area contributed by atoms with Crippen LogP contribution in [0.25, 0.3) is 0 Å². The van der Waals surface area contributed by atoms with Gasteiger partial charge in [0.2, 0.25) is 0 Å². The van der Waals surface area contributed by atoms with E-state index in [9.17, 15) is 0 Å². The third-order valence-corrected chi connectivity index (χ3v) is 2.50. The minimum absolute atomic E-state index is 0.748. The van der Waals surface area contributed by atoms with Crippen LogP contribution in [0, 0.1) is 0 Å². The summed E-state index contributed by atoms with van der Waals surface area (Å²) < 4.78 is 10.6. The second kappa shape index (κ2) is 9.02. The van der Waals surface area contributed by atoms with Gasteiger partial charge in [0.05, 0.1) is 13.2 Å². The summed E-state index contributed by atoms with van der Waals surface area (Å²) in [6, 6.07) is 8.26. The highest BCUT2D eigenvalue weighted by molar-refractivity contribution is 5.27. The van der Waals surface area contributed by atoms with Crippen LogP contribution >= 0.6 is 0 Å². The predicted molar refractivity (Wildman–Crippen MR) is 70.4 cm³/mol. The van der Waals surface area contributed by atoms with Gasteiger partial charge in [-0.15, -0.1) is 0 Å². The molecule has 0 saturated carbocycles. The summed E-state index contributed by atoms with van der Waals surface area (Å²) in [6.07, 6.45) is 2.28. The van der Waals surface area contributed by atoms with Crippen molar-refractivity contribution in [3.8, 4) is 5.75 Å². The lowest BCUT2D eigenvalue weighted by atomic mass is 10.2. The predicted octanol–water partition coefficient (Wildman–Crippen LogP) is 2.60. The van der Waals surface area contributed by atoms with Crippen LogP contribution in [0.2, 0.25) is 0 Å². The summed E-state index contributed by atoms with van der Waals surface area (Å²) in [6.45, 7) is 5.47. The molecule has 0 radical (unpaired) electrons. The molecule has 3 heteroatoms. The Morgan fingerprint density at radius 2 is 1.88 bits per heavy atom. The second-order valence-corrected chi connectivity index (χ2v) is 4.02. The summed E-state index contributed by atoms with van der Waals surface area (Å²) in [5.74, 6) is 0.957. The Morgan fingerprint density at radius 3 is 2.53 bits per heavy atom. The molecule has 0 saturated heterocycles. The summed E-state index contributed by atoms with van der Waals surface area (Å²) >= 11 is 0. The third-order valence-electron chi connectivity index (χ3n) is 2.50. The Kier molecular flexibility index (Phi) is 7.43. The van der Waals surface area contributed by atoms with Gasteiger partial charge in [-0.1, -0.05) is 25.5 Å². The highest BCUT2D eigenvalue weighted by Crippen LogP contribution is 2.12. The molecule has 0 aliphatic rings. The summed E-state index contributed by atoms with van der Waals surface area (Å²) in [4.78, 5) is 0. The van der Waals surface area contributed by atoms with Crippen molar-refractivity contribution in [2.24, 2.45) is 0 Å². The molecule has 0 aliphatic carbocycles. The van der Waals surface area contributed by atoms with E-state index in [4.69, 9.17) is 9.47 Å². The van der Waals surface area contributed by atoms with Crippen LogP contribution in [0.5, 0.6) is 5.75 Å². The molecule has 0 heterocycles. The van der Waals surface area contributed by atoms with Crippen LogP contribution in [-0.2, 0) is 11.3 Å². The molecule has 1 N–H and O–H groups in total. The molecule has 0 aromatic heterocycles. The normalized spacial score (nSPS) is 10.5. The Hall–Kier alpha value is -1.06. The molecule has 0 aliphatic heterocycles. The fraction of sp³-hybridized carbons (Fsp3) is 0.571. The van der Waals surface area contributed by atoms with E-state index >= 15 is 0 Å². The SMILES string of the molecule is CCCCOc1ccc(CNCCOC)cc1. The van der Waals surface area contributed by atoms with Gasteiger partial charge in [-0.25, -0.2) is 0 Å². The van der Waals surface area contributed by atoms with Gasteiger partial charge in [-0.3, -0.25) is 0 Å². The molecular weight excluding hydrogens is 214 g/mol. The van der Waals surface area contributed by atoms with Crippen molar-refractivity contribution in [2.45, 2.75) is 26.3 Å². The van der Waals surface area contributed by atoms with Gasteiger partial charge in [-0.05, 0) is 24.1 Å². The summed E-state index contributed by atoms with van der Waals surface area (Å²) in [5, 5.41) is 3.31. The molecular formula is C14H23NO2. The largest absolute Gasteiger partial charge is 0.494 e. The van der Waals surface area contributed by atoms with E-state index in [2.05, 4.69) is 24.4 Å². The minimum atomic E-state index is 0.748. The minimum Gasteiger partial charge on any atom is -0.494 e. The quantitative estimate of drug-likeness (QED) is 0.670. The van der Waals surface area contributed by atoms with Gasteiger partial charge in [0.15, 0.2) is 0 Å². The van der Waals surface area contributed by atoms with Crippen molar-refractivity contribution in [3.05, 3.63) is 29.8 Å². The van der Waals surface area contributed by atoms with Crippen molar-refractivity contribution < 1.29 is 9.47 Å². The lowest BCUT2D eigenvalue weighted by molar-refractivity contribution is 0.199. The lowest BCUT2D eigenvalue weighted by Crippen LogP contribution is -2.18. The molecule has 0 atom stereocenters. The number of hydrogen-bond donors (Lipinski definition) is 1. The topological polar surface area (TPSA) is 30.5 Å². The highest BCUT2D eigenvalue weighted by atomic mass is 16.5. The molecule has 1 aromatic rings. The molecule has 0 fully saturated rings. The molecule has 1 rings (SSSR count). The number of unbranched alkanes of at least 4 members (excludes halogenated alkanes) is 1. The fourth-order valence-corrected chi connectivity index (χ4v) is 1.44. The van der Waals surface area contributed by atoms with E-state index < -0.39 is 0 Å². The van der Waals surface area contributed by atoms with Crippen molar-refractivity contribution in [1.82, 2.24) is 5.32 Å². The molecule has 17 heavy (non-hydrogen) atoms. The average molecular weight is 237 g/mol. The zero-order chi connectivity index (χ0) is 12.3. The van der Waals surface area contributed by atoms with Gasteiger partial charge in [0.1, 0.15) is 5.75 Å². The Morgan fingerprint density at radius 1 is 1.12 bits per heavy atom. The van der Waals surface area contributed by atoms with Crippen LogP contribution in [0.1, 0.15) is 25.3 Å². The molecule has 3 nitrogen and oxygen atoms in total. The number of benzene rings is 1. The van der Waals surface area contributed by atoms with Crippen molar-refractivity contribution in [2.75, 3.05) is 26.9 Å². The van der Waals surface area contributed by atoms with E-state index in [1.807, 2.05) is 12.1 Å². The Balaban J connectivity index is 2.24. The Labute approximate surface area is 104 Å². The van der Waals surface area contributed by atoms with Crippen molar-refractivity contribution in [1.29, 1.82) is 0 Å². The van der Waals surface area contributed by atoms with Crippen LogP contribution in [0.3, 0.4) is 0 Å². The first kappa shape index (κ1) is 14.0. The summed E-state index contributed by atoms with van der Waals surface area (Å²) in [5.41, 5.74) is 1.27. The van der Waals surface area contributed by atoms with E-state index in [0.717, 1.165) is 38.5 Å². The monoisotopic (exact) mass is 237 g/mol. The fourth-order valence-electron chi connectivity index (χ4n) is 1.44. The van der Waals surface area contributed by atoms with Crippen molar-refractivity contribution >= 4 is 0 Å². The van der Waals surface area contributed by atoms with Crippen LogP contribution in [0.4, 0.5) is 0 Å². The maximum Gasteiger partial charge on any atom is 0.119 e. The van der Waals surface area contributed by atoms with E-state index in [1.54, 1.807) is 7.11 Å². The smallest absolute Gasteiger partial charge is 0.119 e. The molecule has 96 valence electrons. The average Bonchev–Trinajstić information content (AvgIpc) is 2.37. The zero-order valence-corrected chi connectivity index (χ0v) is 10.9. The van der Waals surface area contributed by atoms with Gasteiger partial charge in [0.25, 0.3) is 0 Å². The molecule has 1 aromatic carbocycles. The molecule has 0 amide bonds. The number of nitrogens with one attached hydrogen (secondary N) is 1. The van der Waals surface area contributed by atoms with Crippen LogP contribution < -0.4 is 10.1 Å². The maximum absolute atomic E-state index is 5.60. The Bertz CT molecular complexity index is 285. The first-order valence-electron chi connectivity index (χ1n) is 6.28. The number of rotatable bonds is 9. The number of ether oxygens (including phenoxy) is 2. The highest BCUT2D eigenvalue weighted by Gasteiger charge is 1.95. The van der Waals surface area contributed by atoms with Gasteiger partial charge < -0.3 is 14.8 Å². The lowest BCUT2D eigenvalue weighted by Gasteiger charge is -2.07. The van der Waals surface area contributed by atoms with Gasteiger partial charge >= 0.3 is 0 Å². The van der Waals surface area contributed by atoms with E-state index in [1.165, 1.54) is 12.0 Å². The first-order chi connectivity index (χ1) is 8.36. The third kappa shape index (κ3) is 6.29. The molecule has 0 bridgehead atoms. The molecule has 0 unspecified atom stereocenters. The van der Waals surface area contributed by atoms with Crippen LogP contribution in [0.15, 0.2) is 24.3 Å². The number of methoxy groups -OCH3 is 1. The van der Waals surface area contributed by atoms with Crippen LogP contribution in [-0.4, -0.2) is 26.9 Å². The summed E-state index contributed by atoms with van der Waals surface area (Å²) in [7, 11) is 1.71.